The van der Waals surface area contributed by atoms with E-state index in [-0.39, 0.29) is 23.0 Å². The summed E-state index contributed by atoms with van der Waals surface area (Å²) >= 11 is 0. The third-order valence-corrected chi connectivity index (χ3v) is 2.21. The smallest absolute Gasteiger partial charge is 0.204 e. The molecule has 0 heterocycles. The van der Waals surface area contributed by atoms with Gasteiger partial charge in [-0.25, -0.2) is 0 Å². The van der Waals surface area contributed by atoms with E-state index in [1.54, 1.807) is 12.1 Å². The van der Waals surface area contributed by atoms with E-state index in [1.165, 1.54) is 12.2 Å². The van der Waals surface area contributed by atoms with Gasteiger partial charge in [0.1, 0.15) is 11.4 Å². The van der Waals surface area contributed by atoms with Gasteiger partial charge in [0.05, 0.1) is 0 Å². The van der Waals surface area contributed by atoms with E-state index < -0.39 is 0 Å². The molecule has 0 aliphatic heterocycles. The Morgan fingerprint density at radius 3 is 2.25 bits per heavy atom. The van der Waals surface area contributed by atoms with Crippen molar-refractivity contribution in [1.82, 2.24) is 0 Å². The fourth-order valence-electron chi connectivity index (χ4n) is 1.38. The van der Waals surface area contributed by atoms with E-state index in [0.717, 1.165) is 5.69 Å². The van der Waals surface area contributed by atoms with Crippen molar-refractivity contribution in [2.75, 3.05) is 5.32 Å². The van der Waals surface area contributed by atoms with E-state index in [1.807, 2.05) is 18.2 Å². The minimum atomic E-state index is -0.349. The summed E-state index contributed by atoms with van der Waals surface area (Å²) in [5.74, 6) is -0.640. The van der Waals surface area contributed by atoms with Gasteiger partial charge < -0.3 is 11.1 Å². The van der Waals surface area contributed by atoms with Gasteiger partial charge in [0.15, 0.2) is 0 Å². The maximum atomic E-state index is 11.5. The topological polar surface area (TPSA) is 72.2 Å². The standard InChI is InChI=1S/C12H10N2O2/c13-11-9(15)6-7-10(16)12(11)14-8-4-2-1-3-5-8/h1-7,14H,13H2. The fraction of sp³-hybridized carbons (Fsp3) is 0. The van der Waals surface area contributed by atoms with Crippen LogP contribution in [0.15, 0.2) is 53.9 Å². The molecule has 0 spiro atoms. The molecule has 16 heavy (non-hydrogen) atoms. The molecule has 0 atom stereocenters. The minimum absolute atomic E-state index is 0.0450. The van der Waals surface area contributed by atoms with Crippen LogP contribution in [0.2, 0.25) is 0 Å². The number of benzene rings is 1. The molecule has 0 aromatic heterocycles. The predicted molar refractivity (Wildman–Crippen MR) is 60.4 cm³/mol. The number of nitrogens with two attached hydrogens (primary N) is 1. The highest BCUT2D eigenvalue weighted by molar-refractivity contribution is 6.20. The largest absolute Gasteiger partial charge is 0.394 e. The van der Waals surface area contributed by atoms with Gasteiger partial charge in [0, 0.05) is 5.69 Å². The van der Waals surface area contributed by atoms with Crippen LogP contribution in [0.4, 0.5) is 5.69 Å². The molecule has 1 aromatic rings. The molecule has 4 heteroatoms. The number of hydrogen-bond acceptors (Lipinski definition) is 4. The number of rotatable bonds is 2. The van der Waals surface area contributed by atoms with Crippen LogP contribution in [0.25, 0.3) is 0 Å². The highest BCUT2D eigenvalue weighted by atomic mass is 16.1. The van der Waals surface area contributed by atoms with E-state index in [9.17, 15) is 9.59 Å². The molecular formula is C12H10N2O2. The first-order valence-corrected chi connectivity index (χ1v) is 4.77. The second kappa shape index (κ2) is 4.02. The van der Waals surface area contributed by atoms with Crippen molar-refractivity contribution in [3.05, 3.63) is 53.9 Å². The van der Waals surface area contributed by atoms with Crippen molar-refractivity contribution in [2.24, 2.45) is 5.73 Å². The van der Waals surface area contributed by atoms with Gasteiger partial charge in [0.25, 0.3) is 0 Å². The van der Waals surface area contributed by atoms with Crippen molar-refractivity contribution in [2.45, 2.75) is 0 Å². The van der Waals surface area contributed by atoms with Crippen LogP contribution >= 0.6 is 0 Å². The van der Waals surface area contributed by atoms with Crippen molar-refractivity contribution < 1.29 is 9.59 Å². The highest BCUT2D eigenvalue weighted by Crippen LogP contribution is 2.14. The SMILES string of the molecule is NC1=C(Nc2ccccc2)C(=O)C=CC1=O. The molecule has 1 aliphatic rings. The first-order valence-electron chi connectivity index (χ1n) is 4.77. The molecule has 2 rings (SSSR count). The van der Waals surface area contributed by atoms with Crippen LogP contribution in [0.3, 0.4) is 0 Å². The van der Waals surface area contributed by atoms with E-state index in [4.69, 9.17) is 5.73 Å². The lowest BCUT2D eigenvalue weighted by Crippen LogP contribution is -2.24. The molecule has 80 valence electrons. The summed E-state index contributed by atoms with van der Waals surface area (Å²) in [6, 6.07) is 9.08. The molecule has 3 N–H and O–H groups in total. The van der Waals surface area contributed by atoms with E-state index >= 15 is 0 Å². The summed E-state index contributed by atoms with van der Waals surface area (Å²) in [4.78, 5) is 22.8. The number of carbonyl (C=O) groups is 2. The van der Waals surface area contributed by atoms with Crippen LogP contribution in [0, 0.1) is 0 Å². The molecule has 0 unspecified atom stereocenters. The summed E-state index contributed by atoms with van der Waals surface area (Å²) in [5, 5.41) is 2.84. The zero-order valence-electron chi connectivity index (χ0n) is 8.44. The molecule has 1 aromatic carbocycles. The summed E-state index contributed by atoms with van der Waals surface area (Å²) in [5.41, 5.74) is 6.37. The van der Waals surface area contributed by atoms with Gasteiger partial charge in [-0.2, -0.15) is 0 Å². The van der Waals surface area contributed by atoms with Gasteiger partial charge in [-0.1, -0.05) is 18.2 Å². The maximum absolute atomic E-state index is 11.5. The molecule has 0 bridgehead atoms. The Bertz CT molecular complexity index is 501. The quantitative estimate of drug-likeness (QED) is 0.720. The average Bonchev–Trinajstić information content (AvgIpc) is 2.31. The third kappa shape index (κ3) is 1.86. The Labute approximate surface area is 92.4 Å². The number of para-hydroxylation sites is 1. The highest BCUT2D eigenvalue weighted by Gasteiger charge is 2.20. The van der Waals surface area contributed by atoms with Crippen molar-refractivity contribution in [3.63, 3.8) is 0 Å². The number of allylic oxidation sites excluding steroid dienone is 2. The van der Waals surface area contributed by atoms with Crippen LogP contribution in [0.1, 0.15) is 0 Å². The lowest BCUT2D eigenvalue weighted by molar-refractivity contribution is -0.115. The Morgan fingerprint density at radius 1 is 0.938 bits per heavy atom. The van der Waals surface area contributed by atoms with Gasteiger partial charge in [0.2, 0.25) is 11.6 Å². The van der Waals surface area contributed by atoms with E-state index in [2.05, 4.69) is 5.32 Å². The lowest BCUT2D eigenvalue weighted by atomic mass is 10.1. The summed E-state index contributed by atoms with van der Waals surface area (Å²) in [6.07, 6.45) is 2.39. The lowest BCUT2D eigenvalue weighted by Gasteiger charge is -2.13. The number of anilines is 1. The van der Waals surface area contributed by atoms with Crippen molar-refractivity contribution in [1.29, 1.82) is 0 Å². The second-order valence-electron chi connectivity index (χ2n) is 3.34. The van der Waals surface area contributed by atoms with Gasteiger partial charge in [-0.05, 0) is 24.3 Å². The maximum Gasteiger partial charge on any atom is 0.204 e. The normalized spacial score (nSPS) is 15.5. The Hall–Kier alpha value is -2.36. The molecule has 4 nitrogen and oxygen atoms in total. The van der Waals surface area contributed by atoms with Crippen LogP contribution in [-0.4, -0.2) is 11.6 Å². The van der Waals surface area contributed by atoms with Crippen LogP contribution < -0.4 is 11.1 Å². The van der Waals surface area contributed by atoms with Gasteiger partial charge >= 0.3 is 0 Å². The zero-order valence-corrected chi connectivity index (χ0v) is 8.44. The number of carbonyl (C=O) groups excluding carboxylic acids is 2. The Kier molecular flexibility index (Phi) is 2.55. The number of hydrogen-bond donors (Lipinski definition) is 2. The molecule has 0 saturated carbocycles. The summed E-state index contributed by atoms with van der Waals surface area (Å²) in [6.45, 7) is 0. The molecule has 0 saturated heterocycles. The van der Waals surface area contributed by atoms with Gasteiger partial charge in [-0.3, -0.25) is 9.59 Å². The molecule has 0 amide bonds. The molecular weight excluding hydrogens is 204 g/mol. The third-order valence-electron chi connectivity index (χ3n) is 2.21. The molecule has 0 fully saturated rings. The first kappa shape index (κ1) is 10.2. The minimum Gasteiger partial charge on any atom is -0.394 e. The van der Waals surface area contributed by atoms with Crippen molar-refractivity contribution >= 4 is 17.3 Å². The predicted octanol–water partition coefficient (Wildman–Crippen LogP) is 0.977. The summed E-state index contributed by atoms with van der Waals surface area (Å²) < 4.78 is 0. The van der Waals surface area contributed by atoms with Gasteiger partial charge in [-0.15, -0.1) is 0 Å². The fourth-order valence-corrected chi connectivity index (χ4v) is 1.38. The molecule has 1 aliphatic carbocycles. The monoisotopic (exact) mass is 214 g/mol. The number of ketones is 2. The first-order chi connectivity index (χ1) is 7.68. The number of nitrogens with one attached hydrogen (secondary N) is 1. The van der Waals surface area contributed by atoms with Crippen LogP contribution in [0.5, 0.6) is 0 Å². The Balaban J connectivity index is 2.31. The Morgan fingerprint density at radius 2 is 1.56 bits per heavy atom. The zero-order chi connectivity index (χ0) is 11.5. The van der Waals surface area contributed by atoms with E-state index in [0.29, 0.717) is 0 Å². The summed E-state index contributed by atoms with van der Waals surface area (Å²) in [7, 11) is 0. The second-order valence-corrected chi connectivity index (χ2v) is 3.34. The van der Waals surface area contributed by atoms with Crippen LogP contribution in [-0.2, 0) is 9.59 Å². The average molecular weight is 214 g/mol. The molecule has 0 radical (unpaired) electrons. The van der Waals surface area contributed by atoms with Crippen molar-refractivity contribution in [3.8, 4) is 0 Å².